The average molecular weight is 307 g/mol. The first-order chi connectivity index (χ1) is 10.6. The lowest BCUT2D eigenvalue weighted by Crippen LogP contribution is -2.40. The Morgan fingerprint density at radius 1 is 1.18 bits per heavy atom. The number of ether oxygens (including phenoxy) is 1. The van der Waals surface area contributed by atoms with Crippen molar-refractivity contribution in [3.05, 3.63) is 35.9 Å². The van der Waals surface area contributed by atoms with E-state index in [9.17, 15) is 9.59 Å². The quantitative estimate of drug-likeness (QED) is 0.567. The molecule has 2 atom stereocenters. The Bertz CT molecular complexity index is 465. The van der Waals surface area contributed by atoms with E-state index in [-0.39, 0.29) is 24.5 Å². The molecule has 1 aromatic carbocycles. The van der Waals surface area contributed by atoms with Gasteiger partial charge in [0.25, 0.3) is 0 Å². The molecule has 0 spiro atoms. The van der Waals surface area contributed by atoms with Crippen LogP contribution in [0.25, 0.3) is 0 Å². The predicted octanol–water partition coefficient (Wildman–Crippen LogP) is 0.214. The lowest BCUT2D eigenvalue weighted by Gasteiger charge is -2.16. The van der Waals surface area contributed by atoms with Gasteiger partial charge >= 0.3 is 5.97 Å². The highest BCUT2D eigenvalue weighted by atomic mass is 16.5. The van der Waals surface area contributed by atoms with Crippen LogP contribution in [-0.2, 0) is 20.7 Å². The Morgan fingerprint density at radius 2 is 1.86 bits per heavy atom. The lowest BCUT2D eigenvalue weighted by molar-refractivity contribution is -0.146. The van der Waals surface area contributed by atoms with Crippen LogP contribution in [0.2, 0.25) is 0 Å². The number of carbonyl (C=O) groups is 2. The maximum absolute atomic E-state index is 12.0. The molecule has 6 heteroatoms. The molecular weight excluding hydrogens is 282 g/mol. The molecule has 0 aliphatic heterocycles. The van der Waals surface area contributed by atoms with E-state index in [4.69, 9.17) is 10.5 Å². The van der Waals surface area contributed by atoms with Crippen molar-refractivity contribution in [1.82, 2.24) is 10.6 Å². The highest BCUT2D eigenvalue weighted by molar-refractivity contribution is 5.81. The lowest BCUT2D eigenvalue weighted by atomic mass is 10.1. The minimum atomic E-state index is -0.657. The number of esters is 1. The summed E-state index contributed by atoms with van der Waals surface area (Å²) in [5.41, 5.74) is 6.82. The molecule has 0 saturated heterocycles. The molecule has 1 rings (SSSR count). The Kier molecular flexibility index (Phi) is 8.17. The van der Waals surface area contributed by atoms with E-state index in [1.54, 1.807) is 7.05 Å². The van der Waals surface area contributed by atoms with E-state index >= 15 is 0 Å². The SMILES string of the molecule is CNC(=O)[C@@H](N)CCOC(=O)[C@H](CCc1ccccc1)NC. The van der Waals surface area contributed by atoms with Gasteiger partial charge in [-0.05, 0) is 25.5 Å². The maximum atomic E-state index is 12.0. The number of benzene rings is 1. The molecule has 0 aliphatic rings. The minimum absolute atomic E-state index is 0.136. The van der Waals surface area contributed by atoms with E-state index in [0.29, 0.717) is 12.8 Å². The molecule has 0 aromatic heterocycles. The molecule has 0 radical (unpaired) electrons. The number of hydrogen-bond acceptors (Lipinski definition) is 5. The van der Waals surface area contributed by atoms with Crippen molar-refractivity contribution < 1.29 is 14.3 Å². The molecule has 0 heterocycles. The molecule has 4 N–H and O–H groups in total. The Labute approximate surface area is 131 Å². The van der Waals surface area contributed by atoms with Crippen molar-refractivity contribution >= 4 is 11.9 Å². The van der Waals surface area contributed by atoms with Gasteiger partial charge in [-0.15, -0.1) is 0 Å². The summed E-state index contributed by atoms with van der Waals surface area (Å²) in [6, 6.07) is 8.94. The van der Waals surface area contributed by atoms with Gasteiger partial charge in [-0.1, -0.05) is 30.3 Å². The van der Waals surface area contributed by atoms with Gasteiger partial charge < -0.3 is 21.1 Å². The van der Waals surface area contributed by atoms with E-state index in [2.05, 4.69) is 10.6 Å². The van der Waals surface area contributed by atoms with Crippen LogP contribution in [0.1, 0.15) is 18.4 Å². The van der Waals surface area contributed by atoms with Crippen LogP contribution in [0.5, 0.6) is 0 Å². The van der Waals surface area contributed by atoms with Crippen LogP contribution < -0.4 is 16.4 Å². The molecular formula is C16H25N3O3. The number of rotatable bonds is 9. The summed E-state index contributed by atoms with van der Waals surface area (Å²) in [6.45, 7) is 0.136. The first kappa shape index (κ1) is 18.1. The van der Waals surface area contributed by atoms with Gasteiger partial charge in [-0.3, -0.25) is 9.59 Å². The molecule has 0 unspecified atom stereocenters. The predicted molar refractivity (Wildman–Crippen MR) is 85.2 cm³/mol. The molecule has 1 aromatic rings. The molecule has 22 heavy (non-hydrogen) atoms. The fraction of sp³-hybridized carbons (Fsp3) is 0.500. The molecule has 0 fully saturated rings. The van der Waals surface area contributed by atoms with Gasteiger partial charge in [-0.2, -0.15) is 0 Å². The second kappa shape index (κ2) is 9.92. The first-order valence-electron chi connectivity index (χ1n) is 7.43. The standard InChI is InChI=1S/C16H25N3O3/c1-18-14(9-8-12-6-4-3-5-7-12)16(21)22-11-10-13(17)15(20)19-2/h3-7,13-14,18H,8-11,17H2,1-2H3,(H,19,20)/t13-,14-/m0/s1. The third-order valence-electron chi connectivity index (χ3n) is 3.45. The topological polar surface area (TPSA) is 93.5 Å². The van der Waals surface area contributed by atoms with Crippen LogP contribution in [0, 0.1) is 0 Å². The number of hydrogen-bond donors (Lipinski definition) is 3. The number of aryl methyl sites for hydroxylation is 1. The van der Waals surface area contributed by atoms with Crippen molar-refractivity contribution in [1.29, 1.82) is 0 Å². The number of likely N-dealkylation sites (N-methyl/N-ethyl adjacent to an activating group) is 2. The zero-order chi connectivity index (χ0) is 16.4. The van der Waals surface area contributed by atoms with Crippen molar-refractivity contribution in [3.8, 4) is 0 Å². The van der Waals surface area contributed by atoms with Crippen molar-refractivity contribution in [2.75, 3.05) is 20.7 Å². The summed E-state index contributed by atoms with van der Waals surface area (Å²) in [4.78, 5) is 23.2. The second-order valence-corrected chi connectivity index (χ2v) is 5.04. The summed E-state index contributed by atoms with van der Waals surface area (Å²) in [5, 5.41) is 5.42. The van der Waals surface area contributed by atoms with E-state index in [0.717, 1.165) is 6.42 Å². The van der Waals surface area contributed by atoms with Crippen molar-refractivity contribution in [2.45, 2.75) is 31.3 Å². The average Bonchev–Trinajstić information content (AvgIpc) is 2.55. The van der Waals surface area contributed by atoms with Gasteiger partial charge in [0.2, 0.25) is 5.91 Å². The number of nitrogens with two attached hydrogens (primary N) is 1. The van der Waals surface area contributed by atoms with Crippen LogP contribution in [0.4, 0.5) is 0 Å². The molecule has 0 bridgehead atoms. The molecule has 122 valence electrons. The third kappa shape index (κ3) is 6.24. The highest BCUT2D eigenvalue weighted by Gasteiger charge is 2.19. The normalized spacial score (nSPS) is 13.2. The summed E-state index contributed by atoms with van der Waals surface area (Å²) in [7, 11) is 3.25. The summed E-state index contributed by atoms with van der Waals surface area (Å²) >= 11 is 0. The molecule has 6 nitrogen and oxygen atoms in total. The van der Waals surface area contributed by atoms with E-state index in [1.165, 1.54) is 12.6 Å². The van der Waals surface area contributed by atoms with Crippen molar-refractivity contribution in [3.63, 3.8) is 0 Å². The molecule has 0 aliphatic carbocycles. The largest absolute Gasteiger partial charge is 0.464 e. The van der Waals surface area contributed by atoms with E-state index in [1.807, 2.05) is 30.3 Å². The Balaban J connectivity index is 2.33. The number of carbonyl (C=O) groups excluding carboxylic acids is 2. The minimum Gasteiger partial charge on any atom is -0.464 e. The van der Waals surface area contributed by atoms with E-state index < -0.39 is 6.04 Å². The Morgan fingerprint density at radius 3 is 2.45 bits per heavy atom. The molecule has 0 saturated carbocycles. The van der Waals surface area contributed by atoms with Gasteiger partial charge in [-0.25, -0.2) is 0 Å². The Hall–Kier alpha value is -1.92. The van der Waals surface area contributed by atoms with Gasteiger partial charge in [0.05, 0.1) is 12.6 Å². The fourth-order valence-electron chi connectivity index (χ4n) is 2.04. The zero-order valence-corrected chi connectivity index (χ0v) is 13.2. The number of amides is 1. The van der Waals surface area contributed by atoms with Gasteiger partial charge in [0.15, 0.2) is 0 Å². The second-order valence-electron chi connectivity index (χ2n) is 5.04. The maximum Gasteiger partial charge on any atom is 0.323 e. The summed E-state index contributed by atoms with van der Waals surface area (Å²) in [5.74, 6) is -0.576. The highest BCUT2D eigenvalue weighted by Crippen LogP contribution is 2.06. The monoisotopic (exact) mass is 307 g/mol. The summed E-state index contributed by atoms with van der Waals surface area (Å²) in [6.07, 6.45) is 1.75. The first-order valence-corrected chi connectivity index (χ1v) is 7.43. The molecule has 1 amide bonds. The fourth-order valence-corrected chi connectivity index (χ4v) is 2.04. The van der Waals surface area contributed by atoms with Gasteiger partial charge in [0, 0.05) is 13.5 Å². The van der Waals surface area contributed by atoms with Crippen LogP contribution in [0.15, 0.2) is 30.3 Å². The van der Waals surface area contributed by atoms with Crippen LogP contribution in [0.3, 0.4) is 0 Å². The van der Waals surface area contributed by atoms with Crippen molar-refractivity contribution in [2.24, 2.45) is 5.73 Å². The van der Waals surface area contributed by atoms with Crippen LogP contribution in [-0.4, -0.2) is 44.7 Å². The van der Waals surface area contributed by atoms with Gasteiger partial charge in [0.1, 0.15) is 6.04 Å². The third-order valence-corrected chi connectivity index (χ3v) is 3.45. The summed E-state index contributed by atoms with van der Waals surface area (Å²) < 4.78 is 5.19. The zero-order valence-electron chi connectivity index (χ0n) is 13.2. The smallest absolute Gasteiger partial charge is 0.323 e. The van der Waals surface area contributed by atoms with Crippen LogP contribution >= 0.6 is 0 Å². The number of nitrogens with one attached hydrogen (secondary N) is 2.